The molecule has 8 heteroatoms. The monoisotopic (exact) mass is 378 g/mol. The number of fused-ring (bicyclic) bond motifs is 1. The predicted octanol–water partition coefficient (Wildman–Crippen LogP) is 2.62. The highest BCUT2D eigenvalue weighted by Crippen LogP contribution is 2.39. The average molecular weight is 379 g/mol. The maximum absolute atomic E-state index is 12.3. The van der Waals surface area contributed by atoms with Gasteiger partial charge in [0.05, 0.1) is 11.9 Å². The molecule has 134 valence electrons. The van der Waals surface area contributed by atoms with Crippen molar-refractivity contribution in [2.24, 2.45) is 0 Å². The van der Waals surface area contributed by atoms with Crippen LogP contribution in [0.4, 0.5) is 0 Å². The largest absolute Gasteiger partial charge is 0.354 e. The normalized spacial score (nSPS) is 17.0. The lowest BCUT2D eigenvalue weighted by Crippen LogP contribution is -2.32. The smallest absolute Gasteiger partial charge is 0.277 e. The van der Waals surface area contributed by atoms with Crippen LogP contribution in [-0.4, -0.2) is 38.4 Å². The molecular weight excluding hydrogens is 356 g/mol. The van der Waals surface area contributed by atoms with Gasteiger partial charge in [-0.2, -0.15) is 0 Å². The van der Waals surface area contributed by atoms with Crippen LogP contribution in [0.25, 0.3) is 10.9 Å². The minimum atomic E-state index is -0.174. The van der Waals surface area contributed by atoms with Crippen molar-refractivity contribution >= 4 is 38.4 Å². The fourth-order valence-corrected chi connectivity index (χ4v) is 5.81. The molecule has 1 atom stereocenters. The zero-order chi connectivity index (χ0) is 17.5. The first kappa shape index (κ1) is 18.3. The third kappa shape index (κ3) is 5.22. The van der Waals surface area contributed by atoms with Crippen molar-refractivity contribution in [3.05, 3.63) is 34.6 Å². The number of hydrogen-bond acceptors (Lipinski definition) is 6. The van der Waals surface area contributed by atoms with Gasteiger partial charge in [-0.3, -0.25) is 9.59 Å². The summed E-state index contributed by atoms with van der Waals surface area (Å²) in [6.45, 7) is 0.721. The molecule has 0 unspecified atom stereocenters. The molecule has 0 radical (unpaired) electrons. The molecule has 0 bridgehead atoms. The van der Waals surface area contributed by atoms with Crippen LogP contribution in [-0.2, 0) is 11.3 Å². The molecule has 1 N–H and O–H groups in total. The summed E-state index contributed by atoms with van der Waals surface area (Å²) in [5.41, 5.74) is 0.415. The number of nitrogens with zero attached hydrogens (tertiary/aromatic N) is 3. The van der Waals surface area contributed by atoms with Gasteiger partial charge in [-0.05, 0) is 31.4 Å². The van der Waals surface area contributed by atoms with E-state index in [0.717, 1.165) is 18.1 Å². The second-order valence-electron chi connectivity index (χ2n) is 6.06. The maximum atomic E-state index is 12.3. The highest BCUT2D eigenvalue weighted by molar-refractivity contribution is 8.77. The van der Waals surface area contributed by atoms with E-state index in [1.807, 2.05) is 27.7 Å². The molecular formula is C17H22N4O2S2. The van der Waals surface area contributed by atoms with Gasteiger partial charge >= 0.3 is 0 Å². The van der Waals surface area contributed by atoms with Gasteiger partial charge in [-0.25, -0.2) is 4.68 Å². The first-order valence-corrected chi connectivity index (χ1v) is 11.0. The van der Waals surface area contributed by atoms with E-state index >= 15 is 0 Å². The van der Waals surface area contributed by atoms with Crippen LogP contribution in [0.3, 0.4) is 0 Å². The quantitative estimate of drug-likeness (QED) is 0.562. The summed E-state index contributed by atoms with van der Waals surface area (Å²) in [4.78, 5) is 24.2. The van der Waals surface area contributed by atoms with E-state index in [4.69, 9.17) is 0 Å². The van der Waals surface area contributed by atoms with Crippen LogP contribution >= 0.6 is 21.6 Å². The molecule has 1 aliphatic heterocycles. The van der Waals surface area contributed by atoms with E-state index in [-0.39, 0.29) is 11.5 Å². The molecule has 25 heavy (non-hydrogen) atoms. The van der Waals surface area contributed by atoms with E-state index < -0.39 is 0 Å². The van der Waals surface area contributed by atoms with Crippen LogP contribution in [0, 0.1) is 0 Å². The second kappa shape index (κ2) is 9.24. The number of aromatic nitrogens is 3. The van der Waals surface area contributed by atoms with Gasteiger partial charge in [0.25, 0.3) is 5.56 Å². The first-order chi connectivity index (χ1) is 12.2. The van der Waals surface area contributed by atoms with Gasteiger partial charge in [0, 0.05) is 24.0 Å². The molecule has 1 aromatic carbocycles. The van der Waals surface area contributed by atoms with E-state index in [9.17, 15) is 9.59 Å². The van der Waals surface area contributed by atoms with E-state index in [0.29, 0.717) is 30.4 Å². The van der Waals surface area contributed by atoms with Crippen molar-refractivity contribution in [2.45, 2.75) is 43.9 Å². The minimum Gasteiger partial charge on any atom is -0.354 e. The van der Waals surface area contributed by atoms with Gasteiger partial charge in [-0.1, -0.05) is 45.4 Å². The average Bonchev–Trinajstić information content (AvgIpc) is 3.14. The molecule has 3 rings (SSSR count). The summed E-state index contributed by atoms with van der Waals surface area (Å²) in [6, 6.07) is 7.13. The lowest BCUT2D eigenvalue weighted by molar-refractivity contribution is -0.121. The fraction of sp³-hybridized carbons (Fsp3) is 0.529. The summed E-state index contributed by atoms with van der Waals surface area (Å²) in [5.74, 6) is 1.29. The Morgan fingerprint density at radius 3 is 3.04 bits per heavy atom. The Morgan fingerprint density at radius 2 is 2.20 bits per heavy atom. The number of hydrogen-bond donors (Lipinski definition) is 1. The molecule has 0 spiro atoms. The predicted molar refractivity (Wildman–Crippen MR) is 104 cm³/mol. The third-order valence-corrected chi connectivity index (χ3v) is 7.19. The van der Waals surface area contributed by atoms with Crippen molar-refractivity contribution in [3.63, 3.8) is 0 Å². The number of amides is 1. The summed E-state index contributed by atoms with van der Waals surface area (Å²) in [6.07, 6.45) is 5.06. The molecule has 1 amide bonds. The van der Waals surface area contributed by atoms with Crippen molar-refractivity contribution in [2.75, 3.05) is 12.3 Å². The Kier molecular flexibility index (Phi) is 6.75. The minimum absolute atomic E-state index is 0.0373. The molecule has 1 saturated heterocycles. The molecule has 0 aliphatic carbocycles. The zero-order valence-corrected chi connectivity index (χ0v) is 15.7. The van der Waals surface area contributed by atoms with Crippen LogP contribution in [0.15, 0.2) is 29.1 Å². The van der Waals surface area contributed by atoms with Gasteiger partial charge in [0.2, 0.25) is 5.91 Å². The first-order valence-electron chi connectivity index (χ1n) is 8.61. The summed E-state index contributed by atoms with van der Waals surface area (Å²) >= 11 is 0. The van der Waals surface area contributed by atoms with Crippen molar-refractivity contribution < 1.29 is 4.79 Å². The van der Waals surface area contributed by atoms with Gasteiger partial charge in [0.15, 0.2) is 0 Å². The summed E-state index contributed by atoms with van der Waals surface area (Å²) in [7, 11) is 3.94. The lowest BCUT2D eigenvalue weighted by Gasteiger charge is -2.08. The Balaban J connectivity index is 1.38. The third-order valence-electron chi connectivity index (χ3n) is 4.18. The fourth-order valence-electron chi connectivity index (χ4n) is 2.78. The van der Waals surface area contributed by atoms with Gasteiger partial charge in [-0.15, -0.1) is 5.10 Å². The van der Waals surface area contributed by atoms with Crippen molar-refractivity contribution in [1.82, 2.24) is 20.3 Å². The highest BCUT2D eigenvalue weighted by atomic mass is 33.1. The van der Waals surface area contributed by atoms with Crippen LogP contribution in [0.2, 0.25) is 0 Å². The topological polar surface area (TPSA) is 76.9 Å². The van der Waals surface area contributed by atoms with Crippen molar-refractivity contribution in [1.29, 1.82) is 0 Å². The van der Waals surface area contributed by atoms with Crippen molar-refractivity contribution in [3.8, 4) is 0 Å². The Hall–Kier alpha value is -1.54. The number of carbonyl (C=O) groups is 1. The Bertz CT molecular complexity index is 775. The van der Waals surface area contributed by atoms with Gasteiger partial charge < -0.3 is 5.32 Å². The lowest BCUT2D eigenvalue weighted by atomic mass is 10.1. The molecule has 0 saturated carbocycles. The molecule has 1 fully saturated rings. The molecule has 1 aliphatic rings. The Labute approximate surface area is 154 Å². The number of carbonyl (C=O) groups excluding carboxylic acids is 1. The molecule has 6 nitrogen and oxygen atoms in total. The molecule has 2 heterocycles. The van der Waals surface area contributed by atoms with E-state index in [1.54, 1.807) is 18.2 Å². The van der Waals surface area contributed by atoms with Gasteiger partial charge in [0.1, 0.15) is 5.52 Å². The summed E-state index contributed by atoms with van der Waals surface area (Å²) < 4.78 is 1.30. The maximum Gasteiger partial charge on any atom is 0.277 e. The standard InChI is InChI=1S/C17H22N4O2S2/c22-16(8-4-1-5-13-9-12-24-25-13)18-10-11-21-17(23)14-6-2-3-7-15(14)19-20-21/h2-3,6-7,13H,1,4-5,8-12H2,(H,18,22)/t13-/m0/s1. The zero-order valence-electron chi connectivity index (χ0n) is 14.0. The van der Waals surface area contributed by atoms with E-state index in [1.165, 1.54) is 23.3 Å². The summed E-state index contributed by atoms with van der Waals surface area (Å²) in [5, 5.41) is 12.1. The number of rotatable bonds is 8. The van der Waals surface area contributed by atoms with E-state index in [2.05, 4.69) is 15.6 Å². The van der Waals surface area contributed by atoms with Crippen LogP contribution in [0.1, 0.15) is 32.1 Å². The highest BCUT2D eigenvalue weighted by Gasteiger charge is 2.15. The van der Waals surface area contributed by atoms with Crippen LogP contribution < -0.4 is 10.9 Å². The van der Waals surface area contributed by atoms with Crippen LogP contribution in [0.5, 0.6) is 0 Å². The SMILES string of the molecule is O=C(CCCC[C@H]1CCSS1)NCCn1nnc2ccccc2c1=O. The number of benzene rings is 1. The Morgan fingerprint density at radius 1 is 1.32 bits per heavy atom. The molecule has 2 aromatic rings. The number of nitrogens with one attached hydrogen (secondary N) is 1. The second-order valence-corrected chi connectivity index (χ2v) is 8.85. The molecule has 1 aromatic heterocycles. The number of unbranched alkanes of at least 4 members (excludes halogenated alkanes) is 1.